The van der Waals surface area contributed by atoms with Crippen molar-refractivity contribution in [2.45, 2.75) is 42.9 Å². The third-order valence-corrected chi connectivity index (χ3v) is 7.91. The Hall–Kier alpha value is -3.29. The number of nitrogens with two attached hydrogens (primary N) is 1. The summed E-state index contributed by atoms with van der Waals surface area (Å²) in [5.74, 6) is 2.14. The van der Waals surface area contributed by atoms with Crippen LogP contribution in [0.4, 0.5) is 5.82 Å². The molecule has 5 rings (SSSR count). The molecule has 3 aromatic heterocycles. The minimum Gasteiger partial charge on any atom is -0.464 e. The molecular formula is C22H24N6O5S2. The van der Waals surface area contributed by atoms with Gasteiger partial charge < -0.3 is 24.2 Å². The monoisotopic (exact) mass is 516 g/mol. The van der Waals surface area contributed by atoms with E-state index in [2.05, 4.69) is 14.7 Å². The lowest BCUT2D eigenvalue weighted by atomic mass is 10.1. The van der Waals surface area contributed by atoms with E-state index >= 15 is 0 Å². The number of hydrogen-bond donors (Lipinski definition) is 2. The maximum absolute atomic E-state index is 12.3. The molecule has 1 aliphatic rings. The maximum Gasteiger partial charge on any atom is 0.231 e. The summed E-state index contributed by atoms with van der Waals surface area (Å²) in [7, 11) is -3.40. The Morgan fingerprint density at radius 2 is 2.03 bits per heavy atom. The third kappa shape index (κ3) is 4.92. The van der Waals surface area contributed by atoms with Crippen molar-refractivity contribution in [3.8, 4) is 22.8 Å². The molecule has 0 amide bonds. The van der Waals surface area contributed by atoms with Crippen molar-refractivity contribution in [1.29, 1.82) is 0 Å². The van der Waals surface area contributed by atoms with E-state index in [9.17, 15) is 8.42 Å². The molecule has 11 nitrogen and oxygen atoms in total. The zero-order valence-electron chi connectivity index (χ0n) is 19.1. The number of furan rings is 1. The van der Waals surface area contributed by atoms with Crippen molar-refractivity contribution in [3.05, 3.63) is 36.9 Å². The number of aryl methyl sites for hydroxylation is 1. The van der Waals surface area contributed by atoms with Gasteiger partial charge in [0, 0.05) is 23.0 Å². The number of aromatic nitrogens is 4. The smallest absolute Gasteiger partial charge is 0.231 e. The van der Waals surface area contributed by atoms with Crippen LogP contribution in [-0.4, -0.2) is 46.5 Å². The minimum atomic E-state index is -3.40. The number of ether oxygens (including phenoxy) is 2. The van der Waals surface area contributed by atoms with E-state index in [1.165, 1.54) is 18.1 Å². The van der Waals surface area contributed by atoms with Gasteiger partial charge in [-0.15, -0.1) is 0 Å². The average Bonchev–Trinajstić information content (AvgIpc) is 3.53. The molecule has 35 heavy (non-hydrogen) atoms. The minimum absolute atomic E-state index is 0.0306. The summed E-state index contributed by atoms with van der Waals surface area (Å²) >= 11 is 1.38. The molecule has 4 aromatic rings. The first-order chi connectivity index (χ1) is 16.8. The molecule has 1 aliphatic heterocycles. The normalized spacial score (nSPS) is 13.2. The number of anilines is 1. The quantitative estimate of drug-likeness (QED) is 0.340. The predicted molar refractivity (Wildman–Crippen MR) is 131 cm³/mol. The van der Waals surface area contributed by atoms with Crippen LogP contribution in [0.15, 0.2) is 51.3 Å². The van der Waals surface area contributed by atoms with Crippen LogP contribution in [0.3, 0.4) is 0 Å². The highest BCUT2D eigenvalue weighted by Crippen LogP contribution is 2.45. The van der Waals surface area contributed by atoms with E-state index in [0.717, 1.165) is 10.5 Å². The molecule has 184 valence electrons. The fourth-order valence-electron chi connectivity index (χ4n) is 3.77. The largest absolute Gasteiger partial charge is 0.464 e. The van der Waals surface area contributed by atoms with Crippen molar-refractivity contribution >= 4 is 38.8 Å². The number of benzene rings is 1. The molecule has 13 heteroatoms. The van der Waals surface area contributed by atoms with Gasteiger partial charge in [0.05, 0.1) is 12.0 Å². The molecule has 1 aromatic carbocycles. The highest BCUT2D eigenvalue weighted by atomic mass is 32.2. The van der Waals surface area contributed by atoms with Gasteiger partial charge in [0.1, 0.15) is 12.1 Å². The Balaban J connectivity index is 1.51. The summed E-state index contributed by atoms with van der Waals surface area (Å²) in [5, 5.41) is 0.591. The Bertz CT molecular complexity index is 1470. The standard InChI is InChI=1S/C22H24N6O5S2/c1-13(2)27-35(29,30)8-4-6-28-21-19(20(23)24-11-25-21)26-22(28)34-18-10-17-16(32-12-33-17)9-14(18)15-5-3-7-31-15/h3,5,7,9-11,13,27H,4,6,8,12H2,1-2H3,(H2,23,24,25). The highest BCUT2D eigenvalue weighted by Gasteiger charge is 2.23. The second-order valence-corrected chi connectivity index (χ2v) is 11.1. The summed E-state index contributed by atoms with van der Waals surface area (Å²) in [6.07, 6.45) is 3.33. The second-order valence-electron chi connectivity index (χ2n) is 8.20. The van der Waals surface area contributed by atoms with Gasteiger partial charge in [0.15, 0.2) is 33.6 Å². The van der Waals surface area contributed by atoms with Crippen LogP contribution < -0.4 is 19.9 Å². The number of sulfonamides is 1. The van der Waals surface area contributed by atoms with E-state index in [1.54, 1.807) is 20.1 Å². The zero-order chi connectivity index (χ0) is 24.6. The van der Waals surface area contributed by atoms with Gasteiger partial charge in [-0.3, -0.25) is 0 Å². The third-order valence-electron chi connectivity index (χ3n) is 5.20. The Morgan fingerprint density at radius 1 is 1.23 bits per heavy atom. The molecule has 0 bridgehead atoms. The number of fused-ring (bicyclic) bond motifs is 2. The van der Waals surface area contributed by atoms with Crippen LogP contribution in [-0.2, 0) is 16.6 Å². The first kappa shape index (κ1) is 23.5. The van der Waals surface area contributed by atoms with E-state index in [0.29, 0.717) is 46.5 Å². The van der Waals surface area contributed by atoms with E-state index in [4.69, 9.17) is 24.6 Å². The van der Waals surface area contributed by atoms with Gasteiger partial charge in [0.25, 0.3) is 0 Å². The molecule has 0 unspecified atom stereocenters. The number of nitrogen functional groups attached to an aromatic ring is 1. The van der Waals surface area contributed by atoms with Gasteiger partial charge in [-0.1, -0.05) is 11.8 Å². The molecule has 0 saturated carbocycles. The molecule has 3 N–H and O–H groups in total. The first-order valence-corrected chi connectivity index (χ1v) is 13.4. The Labute approximate surface area is 206 Å². The SMILES string of the molecule is CC(C)NS(=O)(=O)CCCn1c(Sc2cc3c(cc2-c2ccco2)OCO3)nc2c(N)ncnc21. The van der Waals surface area contributed by atoms with Crippen LogP contribution >= 0.6 is 11.8 Å². The summed E-state index contributed by atoms with van der Waals surface area (Å²) in [5.41, 5.74) is 7.88. The summed E-state index contributed by atoms with van der Waals surface area (Å²) < 4.78 is 45.9. The van der Waals surface area contributed by atoms with E-state index < -0.39 is 10.0 Å². The molecule has 0 spiro atoms. The fraction of sp³-hybridized carbons (Fsp3) is 0.318. The van der Waals surface area contributed by atoms with Gasteiger partial charge in [-0.05, 0) is 44.5 Å². The predicted octanol–water partition coefficient (Wildman–Crippen LogP) is 3.27. The molecule has 0 aliphatic carbocycles. The Kier molecular flexibility index (Phi) is 6.30. The lowest BCUT2D eigenvalue weighted by Crippen LogP contribution is -2.32. The molecule has 0 radical (unpaired) electrons. The summed E-state index contributed by atoms with van der Waals surface area (Å²) in [6.45, 7) is 4.09. The summed E-state index contributed by atoms with van der Waals surface area (Å²) in [6, 6.07) is 7.25. The number of nitrogens with one attached hydrogen (secondary N) is 1. The van der Waals surface area contributed by atoms with Gasteiger partial charge >= 0.3 is 0 Å². The molecule has 0 saturated heterocycles. The molecule has 0 atom stereocenters. The fourth-order valence-corrected chi connectivity index (χ4v) is 6.18. The van der Waals surface area contributed by atoms with Crippen LogP contribution in [0, 0.1) is 0 Å². The van der Waals surface area contributed by atoms with Crippen molar-refractivity contribution in [3.63, 3.8) is 0 Å². The van der Waals surface area contributed by atoms with Crippen molar-refractivity contribution in [2.24, 2.45) is 0 Å². The van der Waals surface area contributed by atoms with Crippen molar-refractivity contribution in [1.82, 2.24) is 24.2 Å². The van der Waals surface area contributed by atoms with Crippen LogP contribution in [0.1, 0.15) is 20.3 Å². The van der Waals surface area contributed by atoms with Crippen LogP contribution in [0.25, 0.3) is 22.5 Å². The van der Waals surface area contributed by atoms with E-state index in [1.807, 2.05) is 28.8 Å². The lowest BCUT2D eigenvalue weighted by Gasteiger charge is -2.12. The number of nitrogens with zero attached hydrogens (tertiary/aromatic N) is 4. The van der Waals surface area contributed by atoms with E-state index in [-0.39, 0.29) is 24.4 Å². The average molecular weight is 517 g/mol. The lowest BCUT2D eigenvalue weighted by molar-refractivity contribution is 0.174. The molecule has 0 fully saturated rings. The number of hydrogen-bond acceptors (Lipinski definition) is 10. The highest BCUT2D eigenvalue weighted by molar-refractivity contribution is 7.99. The maximum atomic E-state index is 12.3. The van der Waals surface area contributed by atoms with Gasteiger partial charge in [-0.2, -0.15) is 0 Å². The first-order valence-electron chi connectivity index (χ1n) is 10.9. The van der Waals surface area contributed by atoms with Gasteiger partial charge in [-0.25, -0.2) is 28.1 Å². The van der Waals surface area contributed by atoms with Crippen molar-refractivity contribution < 1.29 is 22.3 Å². The molecular weight excluding hydrogens is 492 g/mol. The van der Waals surface area contributed by atoms with Crippen LogP contribution in [0.2, 0.25) is 0 Å². The van der Waals surface area contributed by atoms with Crippen molar-refractivity contribution in [2.75, 3.05) is 18.3 Å². The zero-order valence-corrected chi connectivity index (χ0v) is 20.7. The number of imidazole rings is 1. The Morgan fingerprint density at radius 3 is 2.77 bits per heavy atom. The van der Waals surface area contributed by atoms with Gasteiger partial charge in [0.2, 0.25) is 16.8 Å². The summed E-state index contributed by atoms with van der Waals surface area (Å²) in [4.78, 5) is 13.9. The topological polar surface area (TPSA) is 147 Å². The second kappa shape index (κ2) is 9.40. The molecule has 4 heterocycles. The van der Waals surface area contributed by atoms with Crippen LogP contribution in [0.5, 0.6) is 11.5 Å². The number of rotatable bonds is 9.